The molecule has 2 aliphatic rings. The van der Waals surface area contributed by atoms with E-state index in [0.717, 1.165) is 4.90 Å². The van der Waals surface area contributed by atoms with Crippen molar-refractivity contribution < 1.29 is 27.5 Å². The van der Waals surface area contributed by atoms with Gasteiger partial charge < -0.3 is 19.3 Å². The first kappa shape index (κ1) is 17.2. The minimum absolute atomic E-state index is 0.00647. The molecule has 8 heteroatoms. The van der Waals surface area contributed by atoms with E-state index in [1.807, 2.05) is 0 Å². The van der Waals surface area contributed by atoms with Crippen LogP contribution < -0.4 is 4.74 Å². The van der Waals surface area contributed by atoms with Gasteiger partial charge in [-0.05, 0) is 37.3 Å². The van der Waals surface area contributed by atoms with Crippen molar-refractivity contribution in [2.45, 2.75) is 32.0 Å². The van der Waals surface area contributed by atoms with Crippen LogP contribution in [0.5, 0.6) is 5.75 Å². The summed E-state index contributed by atoms with van der Waals surface area (Å²) in [6.07, 6.45) is 0.149. The van der Waals surface area contributed by atoms with Crippen LogP contribution in [0.1, 0.15) is 56.8 Å². The molecule has 2 aromatic carbocycles. The molecule has 32 heavy (non-hydrogen) atoms. The molecule has 1 unspecified atom stereocenters. The molecular formula is C24H21F2N3O3. The monoisotopic (exact) mass is 440 g/mol. The Morgan fingerprint density at radius 2 is 2.19 bits per heavy atom. The zero-order valence-electron chi connectivity index (χ0n) is 20.0. The smallest absolute Gasteiger partial charge is 0.387 e. The lowest BCUT2D eigenvalue weighted by molar-refractivity contribution is -0.0507. The van der Waals surface area contributed by atoms with Gasteiger partial charge >= 0.3 is 6.61 Å². The Labute approximate surface area is 187 Å². The Balaban J connectivity index is 1.77. The highest BCUT2D eigenvalue weighted by Crippen LogP contribution is 2.49. The topological polar surface area (TPSA) is 67.6 Å². The second kappa shape index (κ2) is 7.61. The second-order valence-electron chi connectivity index (χ2n) is 7.93. The number of benzene rings is 2. The van der Waals surface area contributed by atoms with Crippen LogP contribution in [0.4, 0.5) is 8.78 Å². The average molecular weight is 440 g/mol. The molecule has 5 rings (SSSR count). The Hall–Kier alpha value is -3.44. The predicted octanol–water partition coefficient (Wildman–Crippen LogP) is 3.74. The summed E-state index contributed by atoms with van der Waals surface area (Å²) in [6, 6.07) is 7.93. The summed E-state index contributed by atoms with van der Waals surface area (Å²) in [4.78, 5) is 18.9. The number of amides is 1. The fourth-order valence-electron chi connectivity index (χ4n) is 4.44. The van der Waals surface area contributed by atoms with Crippen LogP contribution in [0.15, 0.2) is 36.4 Å². The number of ether oxygens (including phenoxy) is 1. The van der Waals surface area contributed by atoms with Crippen LogP contribution in [0.25, 0.3) is 11.0 Å². The summed E-state index contributed by atoms with van der Waals surface area (Å²) in [5.41, 5.74) is 2.06. The van der Waals surface area contributed by atoms with E-state index < -0.39 is 31.6 Å². The molecule has 0 radical (unpaired) electrons. The van der Waals surface area contributed by atoms with Crippen molar-refractivity contribution in [3.63, 3.8) is 0 Å². The Morgan fingerprint density at radius 3 is 2.94 bits per heavy atom. The van der Waals surface area contributed by atoms with E-state index in [9.17, 15) is 18.7 Å². The maximum Gasteiger partial charge on any atom is 0.387 e. The van der Waals surface area contributed by atoms with E-state index in [0.29, 0.717) is 22.4 Å². The number of nitrogens with zero attached hydrogens (tertiary/aromatic N) is 3. The van der Waals surface area contributed by atoms with Gasteiger partial charge in [-0.3, -0.25) is 4.79 Å². The molecule has 0 fully saturated rings. The van der Waals surface area contributed by atoms with Gasteiger partial charge in [-0.15, -0.1) is 0 Å². The van der Waals surface area contributed by atoms with Crippen LogP contribution in [0.2, 0.25) is 0 Å². The second-order valence-corrected chi connectivity index (χ2v) is 7.93. The van der Waals surface area contributed by atoms with Gasteiger partial charge in [0.2, 0.25) is 0 Å². The number of fused-ring (bicyclic) bond motifs is 9. The zero-order chi connectivity index (χ0) is 25.1. The lowest BCUT2D eigenvalue weighted by atomic mass is 9.97. The number of alkyl halides is 2. The van der Waals surface area contributed by atoms with Gasteiger partial charge in [-0.1, -0.05) is 17.9 Å². The van der Waals surface area contributed by atoms with Gasteiger partial charge in [-0.25, -0.2) is 4.98 Å². The van der Waals surface area contributed by atoms with Gasteiger partial charge in [0.25, 0.3) is 5.91 Å². The van der Waals surface area contributed by atoms with Crippen molar-refractivity contribution in [2.24, 2.45) is 5.92 Å². The molecule has 3 heterocycles. The number of hydrogen-bond acceptors (Lipinski definition) is 4. The van der Waals surface area contributed by atoms with Crippen LogP contribution >= 0.6 is 0 Å². The molecule has 1 aromatic heterocycles. The Bertz CT molecular complexity index is 1390. The van der Waals surface area contributed by atoms with Crippen molar-refractivity contribution in [3.8, 4) is 17.6 Å². The fourth-order valence-corrected chi connectivity index (χ4v) is 4.44. The van der Waals surface area contributed by atoms with Gasteiger partial charge in [0.15, 0.2) is 0 Å². The van der Waals surface area contributed by atoms with E-state index in [1.54, 1.807) is 29.7 Å². The van der Waals surface area contributed by atoms with Crippen molar-refractivity contribution >= 4 is 16.9 Å². The van der Waals surface area contributed by atoms with Gasteiger partial charge in [-0.2, -0.15) is 8.78 Å². The molecule has 3 atom stereocenters. The van der Waals surface area contributed by atoms with Crippen LogP contribution in [-0.2, 0) is 0 Å². The van der Waals surface area contributed by atoms with E-state index in [4.69, 9.17) is 8.85 Å². The highest BCUT2D eigenvalue weighted by Gasteiger charge is 2.44. The predicted molar refractivity (Wildman–Crippen MR) is 114 cm³/mol. The molecule has 0 aliphatic carbocycles. The summed E-state index contributed by atoms with van der Waals surface area (Å²) < 4.78 is 57.2. The third-order valence-electron chi connectivity index (χ3n) is 5.89. The molecule has 0 spiro atoms. The molecule has 0 saturated carbocycles. The summed E-state index contributed by atoms with van der Waals surface area (Å²) in [7, 11) is 0. The maximum absolute atomic E-state index is 13.4. The van der Waals surface area contributed by atoms with Crippen LogP contribution in [-0.4, -0.2) is 45.7 Å². The first-order valence-corrected chi connectivity index (χ1v) is 10.2. The normalized spacial score (nSPS) is 21.7. The third-order valence-corrected chi connectivity index (χ3v) is 5.89. The lowest BCUT2D eigenvalue weighted by Crippen LogP contribution is -2.30. The SMILES string of the molecule is [2H]C([2H])([2H])N1C(=O)c2cccc(OC(F)F)c2[C@H]2C[C@@H]1c1nc3ccc(C#CC(C)CO)cc3n12. The molecule has 6 nitrogen and oxygen atoms in total. The third kappa shape index (κ3) is 3.12. The molecule has 2 aliphatic heterocycles. The maximum atomic E-state index is 13.4. The zero-order valence-corrected chi connectivity index (χ0v) is 17.0. The number of aromatic nitrogens is 2. The number of aliphatic hydroxyl groups is 1. The molecular weight excluding hydrogens is 416 g/mol. The molecule has 0 saturated heterocycles. The average Bonchev–Trinajstić information content (AvgIpc) is 3.29. The lowest BCUT2D eigenvalue weighted by Gasteiger charge is -2.24. The summed E-state index contributed by atoms with van der Waals surface area (Å²) >= 11 is 0. The van der Waals surface area contributed by atoms with E-state index in [1.165, 1.54) is 18.2 Å². The summed E-state index contributed by atoms with van der Waals surface area (Å²) in [5, 5.41) is 9.24. The van der Waals surface area contributed by atoms with E-state index in [-0.39, 0.29) is 35.8 Å². The fraction of sp³-hybridized carbons (Fsp3) is 0.333. The highest BCUT2D eigenvalue weighted by atomic mass is 19.3. The van der Waals surface area contributed by atoms with Gasteiger partial charge in [0, 0.05) is 40.1 Å². The first-order chi connectivity index (χ1) is 16.6. The van der Waals surface area contributed by atoms with Gasteiger partial charge in [0.1, 0.15) is 11.6 Å². The Morgan fingerprint density at radius 1 is 1.34 bits per heavy atom. The molecule has 1 N–H and O–H groups in total. The minimum Gasteiger partial charge on any atom is -0.434 e. The summed E-state index contributed by atoms with van der Waals surface area (Å²) in [5.74, 6) is 5.14. The van der Waals surface area contributed by atoms with Crippen molar-refractivity contribution in [1.29, 1.82) is 0 Å². The quantitative estimate of drug-likeness (QED) is 0.630. The number of carbonyl (C=O) groups is 1. The first-order valence-electron chi connectivity index (χ1n) is 11.7. The van der Waals surface area contributed by atoms with Crippen LogP contribution in [0.3, 0.4) is 0 Å². The minimum atomic E-state index is -3.12. The number of imidazole rings is 1. The Kier molecular flexibility index (Phi) is 4.08. The van der Waals surface area contributed by atoms with Crippen molar-refractivity contribution in [2.75, 3.05) is 13.6 Å². The number of rotatable bonds is 3. The van der Waals surface area contributed by atoms with Crippen molar-refractivity contribution in [1.82, 2.24) is 14.5 Å². The van der Waals surface area contributed by atoms with E-state index >= 15 is 0 Å². The molecule has 164 valence electrons. The van der Waals surface area contributed by atoms with E-state index in [2.05, 4.69) is 16.8 Å². The summed E-state index contributed by atoms with van der Waals surface area (Å²) in [6.45, 7) is -4.19. The number of halogens is 2. The van der Waals surface area contributed by atoms with Crippen molar-refractivity contribution in [3.05, 3.63) is 58.9 Å². The number of aliphatic hydroxyl groups excluding tert-OH is 1. The molecule has 1 amide bonds. The van der Waals surface area contributed by atoms with Gasteiger partial charge in [0.05, 0.1) is 29.7 Å². The standard InChI is InChI=1S/C24H21F2N3O3/c1-13(12-30)6-7-14-8-9-16-17(10-14)29-18-11-19(22(29)27-16)28(2)23(31)15-4-3-5-20(21(15)18)32-24(25)26/h3-5,8-10,13,18-19,24,30H,11-12H2,1-2H3/t13?,18-,19-/m1/s1/i2D3. The molecule has 2 bridgehead atoms. The van der Waals surface area contributed by atoms with Crippen LogP contribution in [0, 0.1) is 17.8 Å². The number of hydrogen-bond donors (Lipinski definition) is 1. The number of carbonyl (C=O) groups excluding carboxylic acids is 1. The largest absolute Gasteiger partial charge is 0.434 e. The molecule has 3 aromatic rings. The highest BCUT2D eigenvalue weighted by molar-refractivity contribution is 5.97.